The maximum absolute atomic E-state index is 12.4. The molecule has 0 saturated heterocycles. The standard InChI is InChI=1S/C16H15N3O/c1-12(13-7-3-2-4-8-13)11-16(20)19-15-10-6-5-9-14(15)17-18-19/h2-10,12H,11H2,1H3. The Balaban J connectivity index is 1.83. The second-order valence-corrected chi connectivity index (χ2v) is 4.90. The third-order valence-corrected chi connectivity index (χ3v) is 3.44. The maximum Gasteiger partial charge on any atom is 0.249 e. The van der Waals surface area contributed by atoms with Crippen LogP contribution < -0.4 is 0 Å². The van der Waals surface area contributed by atoms with Crippen LogP contribution in [0.25, 0.3) is 11.0 Å². The molecule has 2 aromatic carbocycles. The van der Waals surface area contributed by atoms with Gasteiger partial charge >= 0.3 is 0 Å². The van der Waals surface area contributed by atoms with Gasteiger partial charge in [-0.2, -0.15) is 4.68 Å². The summed E-state index contributed by atoms with van der Waals surface area (Å²) in [4.78, 5) is 12.4. The van der Waals surface area contributed by atoms with Crippen molar-refractivity contribution in [2.45, 2.75) is 19.3 Å². The Hall–Kier alpha value is -2.49. The van der Waals surface area contributed by atoms with Crippen LogP contribution in [0, 0.1) is 0 Å². The van der Waals surface area contributed by atoms with E-state index in [2.05, 4.69) is 10.3 Å². The number of hydrogen-bond donors (Lipinski definition) is 0. The molecule has 0 aliphatic heterocycles. The number of nitrogens with zero attached hydrogens (tertiary/aromatic N) is 3. The first-order chi connectivity index (χ1) is 9.75. The van der Waals surface area contributed by atoms with Gasteiger partial charge in [0.15, 0.2) is 0 Å². The van der Waals surface area contributed by atoms with Crippen molar-refractivity contribution in [1.82, 2.24) is 15.0 Å². The van der Waals surface area contributed by atoms with Crippen LogP contribution in [0.1, 0.15) is 29.6 Å². The van der Waals surface area contributed by atoms with Gasteiger partial charge in [0.05, 0.1) is 5.52 Å². The Morgan fingerprint density at radius 3 is 2.60 bits per heavy atom. The van der Waals surface area contributed by atoms with Gasteiger partial charge in [0.1, 0.15) is 5.52 Å². The summed E-state index contributed by atoms with van der Waals surface area (Å²) in [5, 5.41) is 7.97. The van der Waals surface area contributed by atoms with Crippen molar-refractivity contribution < 1.29 is 4.79 Å². The quantitative estimate of drug-likeness (QED) is 0.730. The third-order valence-electron chi connectivity index (χ3n) is 3.44. The average Bonchev–Trinajstić information content (AvgIpc) is 2.92. The summed E-state index contributed by atoms with van der Waals surface area (Å²) in [5.41, 5.74) is 2.66. The molecule has 0 fully saturated rings. The van der Waals surface area contributed by atoms with Crippen molar-refractivity contribution in [3.63, 3.8) is 0 Å². The molecular formula is C16H15N3O. The number of carbonyl (C=O) groups excluding carboxylic acids is 1. The third kappa shape index (κ3) is 2.32. The maximum atomic E-state index is 12.4. The van der Waals surface area contributed by atoms with E-state index in [1.807, 2.05) is 61.5 Å². The smallest absolute Gasteiger partial charge is 0.249 e. The Bertz CT molecular complexity index is 734. The molecule has 0 saturated carbocycles. The minimum absolute atomic E-state index is 0.0324. The molecule has 1 atom stereocenters. The highest BCUT2D eigenvalue weighted by molar-refractivity contribution is 5.89. The molecule has 3 aromatic rings. The lowest BCUT2D eigenvalue weighted by Crippen LogP contribution is -2.15. The van der Waals surface area contributed by atoms with Gasteiger partial charge in [-0.25, -0.2) is 0 Å². The highest BCUT2D eigenvalue weighted by atomic mass is 16.2. The number of hydrogen-bond acceptors (Lipinski definition) is 3. The summed E-state index contributed by atoms with van der Waals surface area (Å²) in [6.45, 7) is 2.05. The molecule has 0 N–H and O–H groups in total. The molecule has 100 valence electrons. The van der Waals surface area contributed by atoms with Gasteiger partial charge in [-0.3, -0.25) is 4.79 Å². The van der Waals surface area contributed by atoms with Gasteiger partial charge in [0.2, 0.25) is 5.91 Å². The molecular weight excluding hydrogens is 250 g/mol. The topological polar surface area (TPSA) is 47.8 Å². The number of carbonyl (C=O) groups is 1. The van der Waals surface area contributed by atoms with E-state index in [9.17, 15) is 4.79 Å². The van der Waals surface area contributed by atoms with Crippen LogP contribution in [0.4, 0.5) is 0 Å². The second-order valence-electron chi connectivity index (χ2n) is 4.90. The molecule has 1 aromatic heterocycles. The number of para-hydroxylation sites is 1. The Morgan fingerprint density at radius 2 is 1.80 bits per heavy atom. The molecule has 4 nitrogen and oxygen atoms in total. The molecule has 0 aliphatic rings. The number of fused-ring (bicyclic) bond motifs is 1. The van der Waals surface area contributed by atoms with Crippen LogP contribution in [-0.2, 0) is 0 Å². The van der Waals surface area contributed by atoms with E-state index in [1.165, 1.54) is 4.68 Å². The van der Waals surface area contributed by atoms with Crippen molar-refractivity contribution in [3.05, 3.63) is 60.2 Å². The van der Waals surface area contributed by atoms with Crippen molar-refractivity contribution in [1.29, 1.82) is 0 Å². The summed E-state index contributed by atoms with van der Waals surface area (Å²) in [5.74, 6) is 0.127. The van der Waals surface area contributed by atoms with Gasteiger partial charge in [-0.15, -0.1) is 5.10 Å². The first-order valence-corrected chi connectivity index (χ1v) is 6.64. The van der Waals surface area contributed by atoms with Crippen LogP contribution in [0.3, 0.4) is 0 Å². The van der Waals surface area contributed by atoms with Crippen LogP contribution in [0.15, 0.2) is 54.6 Å². The van der Waals surface area contributed by atoms with Crippen LogP contribution >= 0.6 is 0 Å². The molecule has 1 unspecified atom stereocenters. The Morgan fingerprint density at radius 1 is 1.10 bits per heavy atom. The summed E-state index contributed by atoms with van der Waals surface area (Å²) in [6.07, 6.45) is 0.414. The van der Waals surface area contributed by atoms with E-state index >= 15 is 0 Å². The monoisotopic (exact) mass is 265 g/mol. The zero-order valence-electron chi connectivity index (χ0n) is 11.2. The van der Waals surface area contributed by atoms with Gasteiger partial charge in [-0.05, 0) is 23.6 Å². The lowest BCUT2D eigenvalue weighted by Gasteiger charge is -2.10. The van der Waals surface area contributed by atoms with Crippen molar-refractivity contribution in [3.8, 4) is 0 Å². The largest absolute Gasteiger partial charge is 0.272 e. The van der Waals surface area contributed by atoms with Crippen molar-refractivity contribution in [2.24, 2.45) is 0 Å². The lowest BCUT2D eigenvalue weighted by molar-refractivity contribution is 0.0882. The lowest BCUT2D eigenvalue weighted by atomic mass is 9.98. The average molecular weight is 265 g/mol. The molecule has 20 heavy (non-hydrogen) atoms. The molecule has 0 aliphatic carbocycles. The fourth-order valence-electron chi connectivity index (χ4n) is 2.30. The first kappa shape index (κ1) is 12.5. The van der Waals surface area contributed by atoms with E-state index in [1.54, 1.807) is 0 Å². The fraction of sp³-hybridized carbons (Fsp3) is 0.188. The van der Waals surface area contributed by atoms with Crippen molar-refractivity contribution >= 4 is 16.9 Å². The minimum Gasteiger partial charge on any atom is -0.272 e. The highest BCUT2D eigenvalue weighted by Gasteiger charge is 2.16. The van der Waals surface area contributed by atoms with E-state index in [0.717, 1.165) is 16.6 Å². The zero-order valence-corrected chi connectivity index (χ0v) is 11.2. The van der Waals surface area contributed by atoms with Crippen LogP contribution in [0.5, 0.6) is 0 Å². The summed E-state index contributed by atoms with van der Waals surface area (Å²) >= 11 is 0. The van der Waals surface area contributed by atoms with Gasteiger partial charge in [0.25, 0.3) is 0 Å². The fourth-order valence-corrected chi connectivity index (χ4v) is 2.30. The predicted molar refractivity (Wildman–Crippen MR) is 77.6 cm³/mol. The molecule has 0 spiro atoms. The van der Waals surface area contributed by atoms with E-state index in [4.69, 9.17) is 0 Å². The molecule has 0 amide bonds. The normalized spacial score (nSPS) is 12.4. The number of benzene rings is 2. The SMILES string of the molecule is CC(CC(=O)n1nnc2ccccc21)c1ccccc1. The summed E-state index contributed by atoms with van der Waals surface area (Å²) in [6, 6.07) is 17.5. The number of rotatable bonds is 3. The molecule has 3 rings (SSSR count). The summed E-state index contributed by atoms with van der Waals surface area (Å²) in [7, 11) is 0. The van der Waals surface area contributed by atoms with Gasteiger partial charge in [-0.1, -0.05) is 54.6 Å². The van der Waals surface area contributed by atoms with E-state index in [-0.39, 0.29) is 11.8 Å². The van der Waals surface area contributed by atoms with Crippen molar-refractivity contribution in [2.75, 3.05) is 0 Å². The summed E-state index contributed by atoms with van der Waals surface area (Å²) < 4.78 is 1.40. The second kappa shape index (κ2) is 5.25. The highest BCUT2D eigenvalue weighted by Crippen LogP contribution is 2.20. The molecule has 4 heteroatoms. The van der Waals surface area contributed by atoms with E-state index < -0.39 is 0 Å². The minimum atomic E-state index is -0.0324. The van der Waals surface area contributed by atoms with Crippen LogP contribution in [-0.4, -0.2) is 20.9 Å². The predicted octanol–water partition coefficient (Wildman–Crippen LogP) is 3.27. The molecule has 0 radical (unpaired) electrons. The van der Waals surface area contributed by atoms with Gasteiger partial charge in [0, 0.05) is 6.42 Å². The Kier molecular flexibility index (Phi) is 3.29. The van der Waals surface area contributed by atoms with E-state index in [0.29, 0.717) is 6.42 Å². The van der Waals surface area contributed by atoms with Crippen LogP contribution in [0.2, 0.25) is 0 Å². The molecule has 1 heterocycles. The zero-order chi connectivity index (χ0) is 13.9. The molecule has 0 bridgehead atoms. The first-order valence-electron chi connectivity index (χ1n) is 6.64. The Labute approximate surface area is 117 Å². The number of aromatic nitrogens is 3. The van der Waals surface area contributed by atoms with Gasteiger partial charge < -0.3 is 0 Å².